The zero-order chi connectivity index (χ0) is 25.1. The van der Waals surface area contributed by atoms with Crippen LogP contribution >= 0.6 is 0 Å². The quantitative estimate of drug-likeness (QED) is 0.394. The van der Waals surface area contributed by atoms with Gasteiger partial charge < -0.3 is 14.8 Å². The van der Waals surface area contributed by atoms with Crippen molar-refractivity contribution in [1.82, 2.24) is 10.6 Å². The molecule has 36 heavy (non-hydrogen) atoms. The van der Waals surface area contributed by atoms with E-state index in [9.17, 15) is 19.2 Å². The predicted octanol–water partition coefficient (Wildman–Crippen LogP) is 3.09. The molecule has 0 radical (unpaired) electrons. The molecule has 2 atom stereocenters. The number of carbonyl (C=O) groups excluding carboxylic acids is 4. The number of ether oxygens (including phenoxy) is 2. The maximum Gasteiger partial charge on any atom is 0.407 e. The summed E-state index contributed by atoms with van der Waals surface area (Å²) in [5.74, 6) is -2.13. The number of nitrogens with one attached hydrogen (secondary N) is 2. The van der Waals surface area contributed by atoms with Crippen LogP contribution in [-0.4, -0.2) is 42.6 Å². The fourth-order valence-corrected chi connectivity index (χ4v) is 4.67. The van der Waals surface area contributed by atoms with Gasteiger partial charge in [-0.1, -0.05) is 78.9 Å². The van der Waals surface area contributed by atoms with Crippen LogP contribution in [0.25, 0.3) is 11.1 Å². The highest BCUT2D eigenvalue weighted by Crippen LogP contribution is 2.44. The van der Waals surface area contributed by atoms with Gasteiger partial charge in [-0.3, -0.25) is 14.9 Å². The topological polar surface area (TPSA) is 111 Å². The first-order chi connectivity index (χ1) is 17.5. The second kappa shape index (κ2) is 10.0. The van der Waals surface area contributed by atoms with E-state index in [0.717, 1.165) is 27.8 Å². The molecule has 1 aliphatic heterocycles. The monoisotopic (exact) mass is 484 g/mol. The fraction of sp³-hybridized carbons (Fsp3) is 0.214. The largest absolute Gasteiger partial charge is 0.450 e. The average molecular weight is 485 g/mol. The summed E-state index contributed by atoms with van der Waals surface area (Å²) >= 11 is 0. The van der Waals surface area contributed by atoms with Crippen molar-refractivity contribution in [1.29, 1.82) is 0 Å². The average Bonchev–Trinajstić information content (AvgIpc) is 3.38. The van der Waals surface area contributed by atoms with Crippen molar-refractivity contribution < 1.29 is 28.7 Å². The summed E-state index contributed by atoms with van der Waals surface area (Å²) in [4.78, 5) is 49.0. The number of carbonyl (C=O) groups is 4. The van der Waals surface area contributed by atoms with Crippen LogP contribution in [0.4, 0.5) is 4.79 Å². The highest BCUT2D eigenvalue weighted by atomic mass is 16.6. The van der Waals surface area contributed by atoms with Gasteiger partial charge in [-0.05, 0) is 27.8 Å². The van der Waals surface area contributed by atoms with E-state index in [-0.39, 0.29) is 25.4 Å². The third-order valence-electron chi connectivity index (χ3n) is 6.39. The molecule has 1 heterocycles. The van der Waals surface area contributed by atoms with E-state index in [1.807, 2.05) is 78.9 Å². The molecular weight excluding hydrogens is 460 g/mol. The summed E-state index contributed by atoms with van der Waals surface area (Å²) < 4.78 is 10.8. The number of amides is 3. The lowest BCUT2D eigenvalue weighted by Gasteiger charge is -2.20. The Hall–Kier alpha value is -4.46. The number of alkyl carbamates (subject to hydrolysis) is 1. The van der Waals surface area contributed by atoms with Gasteiger partial charge >= 0.3 is 12.1 Å². The Morgan fingerprint density at radius 1 is 0.889 bits per heavy atom. The smallest absolute Gasteiger partial charge is 0.407 e. The van der Waals surface area contributed by atoms with Crippen molar-refractivity contribution in [3.63, 3.8) is 0 Å². The molecule has 3 amide bonds. The first-order valence-corrected chi connectivity index (χ1v) is 11.7. The minimum Gasteiger partial charge on any atom is -0.450 e. The van der Waals surface area contributed by atoms with Crippen LogP contribution in [0.1, 0.15) is 29.0 Å². The van der Waals surface area contributed by atoms with Gasteiger partial charge in [0.05, 0.1) is 6.42 Å². The zero-order valence-electron chi connectivity index (χ0n) is 19.3. The standard InChI is InChI=1S/C28H24N2O6/c31-25-15-24(26(32)30-25)36-27(33)23(14-17-8-2-1-3-9-17)29-28(34)35-16-22-20-12-6-4-10-18(20)19-11-5-7-13-21(19)22/h1-13,22-24H,14-16H2,(H,29,34)(H,30,31,32)/t23-,24-/m1/s1. The number of hydrogen-bond donors (Lipinski definition) is 2. The zero-order valence-corrected chi connectivity index (χ0v) is 19.3. The molecule has 3 aromatic rings. The van der Waals surface area contributed by atoms with Crippen LogP contribution in [0, 0.1) is 0 Å². The lowest BCUT2D eigenvalue weighted by atomic mass is 9.98. The summed E-state index contributed by atoms with van der Waals surface area (Å²) in [6.45, 7) is 0.0898. The summed E-state index contributed by atoms with van der Waals surface area (Å²) in [5.41, 5.74) is 5.15. The van der Waals surface area contributed by atoms with Crippen molar-refractivity contribution in [3.8, 4) is 11.1 Å². The van der Waals surface area contributed by atoms with E-state index in [2.05, 4.69) is 10.6 Å². The first-order valence-electron chi connectivity index (χ1n) is 11.7. The third kappa shape index (κ3) is 4.84. The Morgan fingerprint density at radius 3 is 2.11 bits per heavy atom. The number of rotatable bonds is 7. The van der Waals surface area contributed by atoms with Crippen molar-refractivity contribution >= 4 is 23.9 Å². The Balaban J connectivity index is 1.28. The highest BCUT2D eigenvalue weighted by molar-refractivity contribution is 6.05. The summed E-state index contributed by atoms with van der Waals surface area (Å²) in [7, 11) is 0. The van der Waals surface area contributed by atoms with E-state index in [0.29, 0.717) is 0 Å². The lowest BCUT2D eigenvalue weighted by molar-refractivity contribution is -0.155. The molecule has 0 unspecified atom stereocenters. The van der Waals surface area contributed by atoms with Crippen LogP contribution in [0.3, 0.4) is 0 Å². The molecule has 0 aromatic heterocycles. The maximum absolute atomic E-state index is 12.9. The minimum absolute atomic E-state index is 0.0898. The molecule has 8 nitrogen and oxygen atoms in total. The van der Waals surface area contributed by atoms with Gasteiger partial charge in [0.15, 0.2) is 6.10 Å². The molecule has 0 saturated carbocycles. The number of esters is 1. The van der Waals surface area contributed by atoms with Gasteiger partial charge in [0, 0.05) is 12.3 Å². The SMILES string of the molecule is O=C1C[C@@H](OC(=O)[C@@H](Cc2ccccc2)NC(=O)OCC2c3ccccc3-c3ccccc32)C(=O)N1. The Bertz CT molecular complexity index is 1280. The van der Waals surface area contributed by atoms with Crippen molar-refractivity contribution in [2.24, 2.45) is 0 Å². The molecule has 1 fully saturated rings. The summed E-state index contributed by atoms with van der Waals surface area (Å²) in [6, 6.07) is 24.0. The molecule has 1 aliphatic carbocycles. The molecule has 3 aromatic carbocycles. The molecule has 2 N–H and O–H groups in total. The Morgan fingerprint density at radius 2 is 1.50 bits per heavy atom. The van der Waals surface area contributed by atoms with Gasteiger partial charge in [-0.2, -0.15) is 0 Å². The predicted molar refractivity (Wildman–Crippen MR) is 130 cm³/mol. The van der Waals surface area contributed by atoms with Crippen LogP contribution < -0.4 is 10.6 Å². The van der Waals surface area contributed by atoms with Crippen LogP contribution in [0.2, 0.25) is 0 Å². The normalized spacial score (nSPS) is 17.1. The Kier molecular flexibility index (Phi) is 6.49. The summed E-state index contributed by atoms with van der Waals surface area (Å²) in [5, 5.41) is 4.69. The maximum atomic E-state index is 12.9. The lowest BCUT2D eigenvalue weighted by Crippen LogP contribution is -2.45. The fourth-order valence-electron chi connectivity index (χ4n) is 4.67. The molecule has 5 rings (SSSR count). The number of hydrogen-bond acceptors (Lipinski definition) is 6. The molecule has 182 valence electrons. The Labute approximate surface area is 207 Å². The number of imide groups is 1. The molecule has 2 aliphatic rings. The van der Waals surface area contributed by atoms with E-state index >= 15 is 0 Å². The van der Waals surface area contributed by atoms with Crippen molar-refractivity contribution in [2.45, 2.75) is 30.9 Å². The van der Waals surface area contributed by atoms with Crippen molar-refractivity contribution in [2.75, 3.05) is 6.61 Å². The van der Waals surface area contributed by atoms with Crippen molar-refractivity contribution in [3.05, 3.63) is 95.6 Å². The molecule has 8 heteroatoms. The van der Waals surface area contributed by atoms with E-state index in [1.165, 1.54) is 0 Å². The molecule has 0 spiro atoms. The van der Waals surface area contributed by atoms with E-state index in [4.69, 9.17) is 9.47 Å². The molecular formula is C28H24N2O6. The van der Waals surface area contributed by atoms with E-state index < -0.39 is 36.0 Å². The van der Waals surface area contributed by atoms with Crippen LogP contribution in [0.5, 0.6) is 0 Å². The summed E-state index contributed by atoms with van der Waals surface area (Å²) in [6.07, 6.45) is -2.10. The van der Waals surface area contributed by atoms with Gasteiger partial charge in [0.2, 0.25) is 5.91 Å². The highest BCUT2D eigenvalue weighted by Gasteiger charge is 2.36. The van der Waals surface area contributed by atoms with Crippen LogP contribution in [0.15, 0.2) is 78.9 Å². The number of fused-ring (bicyclic) bond motifs is 3. The molecule has 1 saturated heterocycles. The number of benzene rings is 3. The second-order valence-electron chi connectivity index (χ2n) is 8.75. The van der Waals surface area contributed by atoms with Gasteiger partial charge in [0.1, 0.15) is 12.6 Å². The third-order valence-corrected chi connectivity index (χ3v) is 6.39. The van der Waals surface area contributed by atoms with Gasteiger partial charge in [0.25, 0.3) is 5.91 Å². The van der Waals surface area contributed by atoms with Crippen LogP contribution in [-0.2, 0) is 30.3 Å². The van der Waals surface area contributed by atoms with E-state index in [1.54, 1.807) is 0 Å². The van der Waals surface area contributed by atoms with Gasteiger partial charge in [-0.15, -0.1) is 0 Å². The van der Waals surface area contributed by atoms with Gasteiger partial charge in [-0.25, -0.2) is 9.59 Å². The molecule has 0 bridgehead atoms. The minimum atomic E-state index is -1.22. The first kappa shape index (κ1) is 23.3. The second-order valence-corrected chi connectivity index (χ2v) is 8.75.